The maximum Gasteiger partial charge on any atom is 0.118 e. The van der Waals surface area contributed by atoms with Crippen LogP contribution in [0.3, 0.4) is 0 Å². The molecule has 0 bridgehead atoms. The summed E-state index contributed by atoms with van der Waals surface area (Å²) < 4.78 is 5.50. The van der Waals surface area contributed by atoms with Crippen LogP contribution in [-0.2, 0) is 4.74 Å². The average Bonchev–Trinajstić information content (AvgIpc) is 2.77. The zero-order valence-corrected chi connectivity index (χ0v) is 7.55. The fourth-order valence-electron chi connectivity index (χ4n) is 2.19. The van der Waals surface area contributed by atoms with E-state index in [1.165, 1.54) is 5.57 Å². The second kappa shape index (κ2) is 2.57. The number of hydrogen-bond acceptors (Lipinski definition) is 2. The molecular formula is C10H16O2. The van der Waals surface area contributed by atoms with E-state index >= 15 is 0 Å². The van der Waals surface area contributed by atoms with Gasteiger partial charge in [0.2, 0.25) is 0 Å². The van der Waals surface area contributed by atoms with Crippen LogP contribution < -0.4 is 0 Å². The van der Waals surface area contributed by atoms with E-state index in [1.54, 1.807) is 0 Å². The average molecular weight is 168 g/mol. The van der Waals surface area contributed by atoms with Gasteiger partial charge in [-0.15, -0.1) is 0 Å². The fraction of sp³-hybridized carbons (Fsp3) is 0.800. The molecule has 0 aromatic carbocycles. The van der Waals surface area contributed by atoms with Crippen LogP contribution >= 0.6 is 0 Å². The smallest absolute Gasteiger partial charge is 0.118 e. The maximum atomic E-state index is 9.07. The number of ether oxygens (including phenoxy) is 1. The SMILES string of the molecule is C=C(C)[C@@H]1CCC2(CO)OC2C1. The first-order valence-corrected chi connectivity index (χ1v) is 4.62. The van der Waals surface area contributed by atoms with Gasteiger partial charge in [-0.1, -0.05) is 12.2 Å². The van der Waals surface area contributed by atoms with Gasteiger partial charge in [0.25, 0.3) is 0 Å². The minimum Gasteiger partial charge on any atom is -0.393 e. The highest BCUT2D eigenvalue weighted by atomic mass is 16.6. The Kier molecular flexibility index (Phi) is 1.77. The van der Waals surface area contributed by atoms with Gasteiger partial charge < -0.3 is 9.84 Å². The molecule has 1 N–H and O–H groups in total. The Morgan fingerprint density at radius 3 is 3.00 bits per heavy atom. The lowest BCUT2D eigenvalue weighted by molar-refractivity contribution is 0.160. The van der Waals surface area contributed by atoms with E-state index in [-0.39, 0.29) is 12.2 Å². The van der Waals surface area contributed by atoms with E-state index in [9.17, 15) is 0 Å². The normalized spacial score (nSPS) is 45.2. The highest BCUT2D eigenvalue weighted by Crippen LogP contribution is 2.50. The van der Waals surface area contributed by atoms with Crippen molar-refractivity contribution in [2.24, 2.45) is 5.92 Å². The molecule has 3 atom stereocenters. The summed E-state index contributed by atoms with van der Waals surface area (Å²) in [6.45, 7) is 6.24. The van der Waals surface area contributed by atoms with Gasteiger partial charge in [0, 0.05) is 0 Å². The van der Waals surface area contributed by atoms with Gasteiger partial charge in [-0.05, 0) is 32.1 Å². The minimum absolute atomic E-state index is 0.133. The van der Waals surface area contributed by atoms with Crippen LogP contribution in [0.2, 0.25) is 0 Å². The molecule has 68 valence electrons. The van der Waals surface area contributed by atoms with Crippen molar-refractivity contribution in [3.8, 4) is 0 Å². The van der Waals surface area contributed by atoms with Crippen molar-refractivity contribution in [1.29, 1.82) is 0 Å². The van der Waals surface area contributed by atoms with Gasteiger partial charge in [-0.25, -0.2) is 0 Å². The molecular weight excluding hydrogens is 152 g/mol. The summed E-state index contributed by atoms with van der Waals surface area (Å²) >= 11 is 0. The highest BCUT2D eigenvalue weighted by molar-refractivity contribution is 5.11. The van der Waals surface area contributed by atoms with E-state index in [0.29, 0.717) is 12.0 Å². The zero-order valence-electron chi connectivity index (χ0n) is 7.55. The van der Waals surface area contributed by atoms with Gasteiger partial charge in [-0.3, -0.25) is 0 Å². The monoisotopic (exact) mass is 168 g/mol. The molecule has 0 aromatic rings. The summed E-state index contributed by atoms with van der Waals surface area (Å²) in [5.74, 6) is 0.622. The summed E-state index contributed by atoms with van der Waals surface area (Å²) in [7, 11) is 0. The third-order valence-electron chi connectivity index (χ3n) is 3.29. The third kappa shape index (κ3) is 1.10. The Labute approximate surface area is 73.2 Å². The van der Waals surface area contributed by atoms with Crippen LogP contribution in [0.5, 0.6) is 0 Å². The number of allylic oxidation sites excluding steroid dienone is 1. The standard InChI is InChI=1S/C10H16O2/c1-7(2)8-3-4-10(6-11)9(5-8)12-10/h8-9,11H,1,3-6H2,2H3/t8-,9?,10?/m1/s1. The van der Waals surface area contributed by atoms with Crippen LogP contribution in [0.4, 0.5) is 0 Å². The van der Waals surface area contributed by atoms with Crippen LogP contribution in [0.1, 0.15) is 26.2 Å². The molecule has 2 aliphatic rings. The topological polar surface area (TPSA) is 32.8 Å². The maximum absolute atomic E-state index is 9.07. The summed E-state index contributed by atoms with van der Waals surface area (Å²) in [5, 5.41) is 9.07. The van der Waals surface area contributed by atoms with Crippen molar-refractivity contribution >= 4 is 0 Å². The largest absolute Gasteiger partial charge is 0.393 e. The lowest BCUT2D eigenvalue weighted by Crippen LogP contribution is -2.27. The van der Waals surface area contributed by atoms with Crippen molar-refractivity contribution in [3.63, 3.8) is 0 Å². The van der Waals surface area contributed by atoms with E-state index in [4.69, 9.17) is 9.84 Å². The van der Waals surface area contributed by atoms with Crippen LogP contribution in [-0.4, -0.2) is 23.4 Å². The quantitative estimate of drug-likeness (QED) is 0.500. The third-order valence-corrected chi connectivity index (χ3v) is 3.29. The molecule has 12 heavy (non-hydrogen) atoms. The van der Waals surface area contributed by atoms with Gasteiger partial charge in [0.05, 0.1) is 12.7 Å². The van der Waals surface area contributed by atoms with Crippen LogP contribution in [0.25, 0.3) is 0 Å². The molecule has 2 fully saturated rings. The molecule has 0 aromatic heterocycles. The second-order valence-electron chi connectivity index (χ2n) is 4.15. The molecule has 0 spiro atoms. The van der Waals surface area contributed by atoms with Crippen LogP contribution in [0, 0.1) is 5.92 Å². The number of aliphatic hydroxyl groups is 1. The van der Waals surface area contributed by atoms with E-state index < -0.39 is 0 Å². The Balaban J connectivity index is 1.96. The molecule has 2 rings (SSSR count). The number of aliphatic hydroxyl groups excluding tert-OH is 1. The molecule has 2 unspecified atom stereocenters. The second-order valence-corrected chi connectivity index (χ2v) is 4.15. The summed E-state index contributed by atoms with van der Waals surface area (Å²) in [4.78, 5) is 0. The summed E-state index contributed by atoms with van der Waals surface area (Å²) in [6.07, 6.45) is 3.52. The Morgan fingerprint density at radius 2 is 2.50 bits per heavy atom. The van der Waals surface area contributed by atoms with Gasteiger partial charge in [0.15, 0.2) is 0 Å². The Morgan fingerprint density at radius 1 is 1.75 bits per heavy atom. The molecule has 1 heterocycles. The van der Waals surface area contributed by atoms with Crippen molar-refractivity contribution in [2.45, 2.75) is 37.9 Å². The lowest BCUT2D eigenvalue weighted by Gasteiger charge is -2.23. The molecule has 1 aliphatic carbocycles. The predicted octanol–water partition coefficient (Wildman–Crippen LogP) is 1.49. The first-order valence-electron chi connectivity index (χ1n) is 4.62. The van der Waals surface area contributed by atoms with Gasteiger partial charge in [0.1, 0.15) is 5.60 Å². The molecule has 0 radical (unpaired) electrons. The predicted molar refractivity (Wildman–Crippen MR) is 46.8 cm³/mol. The van der Waals surface area contributed by atoms with Gasteiger partial charge in [-0.2, -0.15) is 0 Å². The zero-order chi connectivity index (χ0) is 8.77. The van der Waals surface area contributed by atoms with Crippen molar-refractivity contribution in [2.75, 3.05) is 6.61 Å². The number of epoxide rings is 1. The first kappa shape index (κ1) is 8.27. The highest BCUT2D eigenvalue weighted by Gasteiger charge is 2.58. The molecule has 1 saturated heterocycles. The van der Waals surface area contributed by atoms with Crippen molar-refractivity contribution < 1.29 is 9.84 Å². The molecule has 1 aliphatic heterocycles. The van der Waals surface area contributed by atoms with E-state index in [0.717, 1.165) is 19.3 Å². The summed E-state index contributed by atoms with van der Waals surface area (Å²) in [6, 6.07) is 0. The van der Waals surface area contributed by atoms with Gasteiger partial charge >= 0.3 is 0 Å². The number of hydrogen-bond donors (Lipinski definition) is 1. The minimum atomic E-state index is -0.133. The first-order chi connectivity index (χ1) is 5.68. The number of rotatable bonds is 2. The molecule has 1 saturated carbocycles. The van der Waals surface area contributed by atoms with E-state index in [2.05, 4.69) is 13.5 Å². The fourth-order valence-corrected chi connectivity index (χ4v) is 2.19. The lowest BCUT2D eigenvalue weighted by atomic mass is 9.79. The Hall–Kier alpha value is -0.340. The van der Waals surface area contributed by atoms with Crippen molar-refractivity contribution in [3.05, 3.63) is 12.2 Å². The van der Waals surface area contributed by atoms with E-state index in [1.807, 2.05) is 0 Å². The molecule has 0 amide bonds. The molecule has 2 heteroatoms. The molecule has 2 nitrogen and oxygen atoms in total. The summed E-state index contributed by atoms with van der Waals surface area (Å²) in [5.41, 5.74) is 1.13. The van der Waals surface area contributed by atoms with Crippen molar-refractivity contribution in [1.82, 2.24) is 0 Å². The Bertz CT molecular complexity index is 212. The number of fused-ring (bicyclic) bond motifs is 1. The van der Waals surface area contributed by atoms with Crippen LogP contribution in [0.15, 0.2) is 12.2 Å².